The summed E-state index contributed by atoms with van der Waals surface area (Å²) in [6.07, 6.45) is 0.130. The Balaban J connectivity index is 1.85. The fourth-order valence-corrected chi connectivity index (χ4v) is 5.87. The van der Waals surface area contributed by atoms with E-state index in [1.165, 1.54) is 37.3 Å². The van der Waals surface area contributed by atoms with Crippen LogP contribution in [-0.4, -0.2) is 31.9 Å². The highest BCUT2D eigenvalue weighted by molar-refractivity contribution is 6.30. The van der Waals surface area contributed by atoms with Crippen LogP contribution in [-0.2, 0) is 23.9 Å². The first-order valence-electron chi connectivity index (χ1n) is 12.6. The molecule has 3 aromatic rings. The number of ether oxygens (including phenoxy) is 2. The molecule has 0 bridgehead atoms. The maximum absolute atomic E-state index is 15.3. The fourth-order valence-electron chi connectivity index (χ4n) is 5.68. The third kappa shape index (κ3) is 4.54. The SMILES string of the molecule is COC(=O)C1=C(N)N(c2ccccc2F)C2=C(C(=O)[C@@H](C(=O)OC)[C@@H](c3ccccc3)C2)[C@@H]1c1cccc(Cl)c1. The van der Waals surface area contributed by atoms with Crippen molar-refractivity contribution in [1.82, 2.24) is 0 Å². The first-order valence-corrected chi connectivity index (χ1v) is 12.9. The molecule has 0 amide bonds. The van der Waals surface area contributed by atoms with Crippen molar-refractivity contribution in [3.05, 3.63) is 123 Å². The number of nitrogens with two attached hydrogens (primary N) is 1. The predicted octanol–water partition coefficient (Wildman–Crippen LogP) is 5.23. The summed E-state index contributed by atoms with van der Waals surface area (Å²) in [5, 5.41) is 0.369. The minimum atomic E-state index is -1.21. The van der Waals surface area contributed by atoms with Crippen LogP contribution in [0.4, 0.5) is 10.1 Å². The highest BCUT2D eigenvalue weighted by Gasteiger charge is 2.51. The number of hydrogen-bond donors (Lipinski definition) is 1. The van der Waals surface area contributed by atoms with Gasteiger partial charge < -0.3 is 15.2 Å². The number of esters is 2. The largest absolute Gasteiger partial charge is 0.468 e. The third-order valence-electron chi connectivity index (χ3n) is 7.40. The number of anilines is 1. The molecule has 3 atom stereocenters. The maximum atomic E-state index is 15.3. The van der Waals surface area contributed by atoms with Gasteiger partial charge in [0.15, 0.2) is 5.78 Å². The van der Waals surface area contributed by atoms with E-state index in [1.54, 1.807) is 30.3 Å². The lowest BCUT2D eigenvalue weighted by Gasteiger charge is -2.44. The van der Waals surface area contributed by atoms with Gasteiger partial charge in [-0.05, 0) is 41.8 Å². The van der Waals surface area contributed by atoms with E-state index >= 15 is 4.39 Å². The van der Waals surface area contributed by atoms with E-state index in [1.807, 2.05) is 30.3 Å². The minimum Gasteiger partial charge on any atom is -0.468 e. The number of carbonyl (C=O) groups excluding carboxylic acids is 3. The van der Waals surface area contributed by atoms with E-state index in [0.717, 1.165) is 5.56 Å². The number of rotatable bonds is 5. The number of methoxy groups -OCH3 is 2. The molecule has 0 radical (unpaired) electrons. The van der Waals surface area contributed by atoms with Gasteiger partial charge in [-0.1, -0.05) is 66.2 Å². The first kappa shape index (κ1) is 27.1. The van der Waals surface area contributed by atoms with Gasteiger partial charge in [-0.2, -0.15) is 0 Å². The summed E-state index contributed by atoms with van der Waals surface area (Å²) < 4.78 is 25.5. The molecule has 9 heteroatoms. The van der Waals surface area contributed by atoms with Gasteiger partial charge in [0, 0.05) is 22.2 Å². The molecule has 1 aliphatic heterocycles. The van der Waals surface area contributed by atoms with Crippen LogP contribution in [0.1, 0.15) is 29.4 Å². The Morgan fingerprint density at radius 3 is 2.27 bits per heavy atom. The van der Waals surface area contributed by atoms with Gasteiger partial charge in [0.1, 0.15) is 17.6 Å². The number of Topliss-reactive ketones (excluding diaryl/α,β-unsaturated/α-hetero) is 1. The smallest absolute Gasteiger partial charge is 0.338 e. The summed E-state index contributed by atoms with van der Waals surface area (Å²) in [4.78, 5) is 42.4. The Kier molecular flexibility index (Phi) is 7.45. The van der Waals surface area contributed by atoms with Crippen LogP contribution in [0.3, 0.4) is 0 Å². The highest BCUT2D eigenvalue weighted by atomic mass is 35.5. The molecule has 1 aliphatic carbocycles. The summed E-state index contributed by atoms with van der Waals surface area (Å²) in [7, 11) is 2.42. The van der Waals surface area contributed by atoms with Crippen LogP contribution >= 0.6 is 11.6 Å². The van der Waals surface area contributed by atoms with Gasteiger partial charge in [-0.3, -0.25) is 14.5 Å². The summed E-state index contributed by atoms with van der Waals surface area (Å²) in [6, 6.07) is 21.7. The van der Waals surface area contributed by atoms with E-state index in [0.29, 0.717) is 16.3 Å². The Labute approximate surface area is 235 Å². The number of ketones is 1. The zero-order valence-corrected chi connectivity index (χ0v) is 22.5. The normalized spacial score (nSPS) is 20.8. The number of para-hydroxylation sites is 1. The number of allylic oxidation sites excluding steroid dienone is 2. The molecule has 2 aliphatic rings. The minimum absolute atomic E-state index is 0.0505. The molecule has 5 rings (SSSR count). The molecular formula is C31H26ClFN2O5. The Hall–Kier alpha value is -4.43. The predicted molar refractivity (Wildman–Crippen MR) is 148 cm³/mol. The van der Waals surface area contributed by atoms with Gasteiger partial charge in [0.05, 0.1) is 31.4 Å². The van der Waals surface area contributed by atoms with Gasteiger partial charge in [-0.15, -0.1) is 0 Å². The molecule has 40 heavy (non-hydrogen) atoms. The molecule has 2 N–H and O–H groups in total. The quantitative estimate of drug-likeness (QED) is 0.337. The van der Waals surface area contributed by atoms with Gasteiger partial charge in [0.2, 0.25) is 0 Å². The number of hydrogen-bond acceptors (Lipinski definition) is 7. The first-order chi connectivity index (χ1) is 19.3. The Morgan fingerprint density at radius 1 is 0.950 bits per heavy atom. The molecule has 0 aromatic heterocycles. The maximum Gasteiger partial charge on any atom is 0.338 e. The van der Waals surface area contributed by atoms with Crippen molar-refractivity contribution >= 4 is 35.0 Å². The lowest BCUT2D eigenvalue weighted by molar-refractivity contribution is -0.150. The second-order valence-corrected chi connectivity index (χ2v) is 9.95. The van der Waals surface area contributed by atoms with E-state index < -0.39 is 41.3 Å². The molecule has 0 saturated heterocycles. The van der Waals surface area contributed by atoms with Crippen LogP contribution in [0.25, 0.3) is 0 Å². The summed E-state index contributed by atoms with van der Waals surface area (Å²) >= 11 is 6.32. The number of nitrogens with zero attached hydrogens (tertiary/aromatic N) is 1. The van der Waals surface area contributed by atoms with Crippen molar-refractivity contribution in [2.24, 2.45) is 11.7 Å². The fraction of sp³-hybridized carbons (Fsp3) is 0.194. The topological polar surface area (TPSA) is 98.9 Å². The number of carbonyl (C=O) groups is 3. The standard InChI is InChI=1S/C31H26ClFN2O5/c1-39-30(37)25-20(17-9-4-3-5-10-17)16-23-26(28(25)36)24(18-11-8-12-19(32)15-18)27(31(38)40-2)29(34)35(23)22-14-7-6-13-21(22)33/h3-15,20,24-25H,16,34H2,1-2H3/t20-,24+,25+/m1/s1. The van der Waals surface area contributed by atoms with Crippen molar-refractivity contribution in [2.75, 3.05) is 19.1 Å². The zero-order valence-electron chi connectivity index (χ0n) is 21.8. The van der Waals surface area contributed by atoms with Crippen molar-refractivity contribution in [3.8, 4) is 0 Å². The lowest BCUT2D eigenvalue weighted by Crippen LogP contribution is -2.46. The summed E-state index contributed by atoms with van der Waals surface area (Å²) in [5.41, 5.74) is 8.40. The zero-order chi connectivity index (χ0) is 28.6. The van der Waals surface area contributed by atoms with Crippen LogP contribution < -0.4 is 10.6 Å². The molecule has 1 heterocycles. The monoisotopic (exact) mass is 560 g/mol. The number of benzene rings is 3. The van der Waals surface area contributed by atoms with Crippen LogP contribution in [0.5, 0.6) is 0 Å². The van der Waals surface area contributed by atoms with Crippen LogP contribution in [0, 0.1) is 11.7 Å². The Bertz CT molecular complexity index is 1570. The van der Waals surface area contributed by atoms with E-state index in [2.05, 4.69) is 0 Å². The number of halogens is 2. The van der Waals surface area contributed by atoms with Crippen molar-refractivity contribution in [1.29, 1.82) is 0 Å². The lowest BCUT2D eigenvalue weighted by atomic mass is 9.67. The molecule has 204 valence electrons. The molecule has 0 unspecified atom stereocenters. The van der Waals surface area contributed by atoms with E-state index in [-0.39, 0.29) is 29.1 Å². The van der Waals surface area contributed by atoms with E-state index in [9.17, 15) is 14.4 Å². The van der Waals surface area contributed by atoms with Crippen LogP contribution in [0.2, 0.25) is 5.02 Å². The van der Waals surface area contributed by atoms with Crippen molar-refractivity contribution < 1.29 is 28.2 Å². The second-order valence-electron chi connectivity index (χ2n) is 9.51. The van der Waals surface area contributed by atoms with Gasteiger partial charge >= 0.3 is 11.9 Å². The average molecular weight is 561 g/mol. The molecule has 7 nitrogen and oxygen atoms in total. The second kappa shape index (κ2) is 11.0. The molecule has 3 aromatic carbocycles. The molecule has 0 fully saturated rings. The summed E-state index contributed by atoms with van der Waals surface area (Å²) in [5.74, 6) is -5.64. The summed E-state index contributed by atoms with van der Waals surface area (Å²) in [6.45, 7) is 0. The van der Waals surface area contributed by atoms with Crippen LogP contribution in [0.15, 0.2) is 102 Å². The van der Waals surface area contributed by atoms with Gasteiger partial charge in [-0.25, -0.2) is 9.18 Å². The highest BCUT2D eigenvalue weighted by Crippen LogP contribution is 2.51. The molecular weight excluding hydrogens is 535 g/mol. The van der Waals surface area contributed by atoms with Crippen molar-refractivity contribution in [2.45, 2.75) is 18.3 Å². The molecule has 0 saturated carbocycles. The van der Waals surface area contributed by atoms with E-state index in [4.69, 9.17) is 26.8 Å². The van der Waals surface area contributed by atoms with Gasteiger partial charge in [0.25, 0.3) is 0 Å². The third-order valence-corrected chi connectivity index (χ3v) is 7.64. The average Bonchev–Trinajstić information content (AvgIpc) is 2.96. The Morgan fingerprint density at radius 2 is 1.62 bits per heavy atom. The molecule has 0 spiro atoms. The van der Waals surface area contributed by atoms with Crippen molar-refractivity contribution in [3.63, 3.8) is 0 Å².